The van der Waals surface area contributed by atoms with Gasteiger partial charge in [0.1, 0.15) is 17.4 Å². The number of halogens is 2. The quantitative estimate of drug-likeness (QED) is 0.911. The average Bonchev–Trinajstić information content (AvgIpc) is 2.44. The van der Waals surface area contributed by atoms with Gasteiger partial charge in [-0.15, -0.1) is 0 Å². The van der Waals surface area contributed by atoms with E-state index in [0.29, 0.717) is 12.2 Å². The minimum Gasteiger partial charge on any atom is -0.481 e. The van der Waals surface area contributed by atoms with Crippen LogP contribution in [-0.4, -0.2) is 12.0 Å². The van der Waals surface area contributed by atoms with Crippen LogP contribution in [0.1, 0.15) is 13.3 Å². The molecule has 1 atom stereocenters. The highest BCUT2D eigenvalue weighted by Gasteiger charge is 2.19. The lowest BCUT2D eigenvalue weighted by atomic mass is 10.2. The summed E-state index contributed by atoms with van der Waals surface area (Å²) in [6, 6.07) is 11.7. The number of nitrogens with one attached hydrogen (secondary N) is 1. The number of rotatable bonds is 5. The maximum Gasteiger partial charge on any atom is 0.265 e. The number of ether oxygens (including phenoxy) is 1. The summed E-state index contributed by atoms with van der Waals surface area (Å²) in [6.07, 6.45) is -0.308. The molecule has 0 bridgehead atoms. The van der Waals surface area contributed by atoms with Crippen molar-refractivity contribution in [3.8, 4) is 5.75 Å². The van der Waals surface area contributed by atoms with Crippen molar-refractivity contribution >= 4 is 11.6 Å². The lowest BCUT2D eigenvalue weighted by molar-refractivity contribution is -0.122. The second kappa shape index (κ2) is 6.83. The predicted octanol–water partition coefficient (Wildman–Crippen LogP) is 3.76. The first-order valence-corrected chi connectivity index (χ1v) is 6.57. The van der Waals surface area contributed by atoms with Gasteiger partial charge >= 0.3 is 0 Å². The summed E-state index contributed by atoms with van der Waals surface area (Å²) in [5, 5.41) is 2.45. The first-order valence-electron chi connectivity index (χ1n) is 6.57. The maximum absolute atomic E-state index is 13.1. The van der Waals surface area contributed by atoms with Crippen LogP contribution in [0.4, 0.5) is 14.5 Å². The first-order chi connectivity index (χ1) is 10.1. The molecule has 0 radical (unpaired) electrons. The molecule has 0 saturated carbocycles. The van der Waals surface area contributed by atoms with Crippen LogP contribution in [0, 0.1) is 11.6 Å². The molecular formula is C16H15F2NO2. The summed E-state index contributed by atoms with van der Waals surface area (Å²) in [6.45, 7) is 1.79. The third-order valence-corrected chi connectivity index (χ3v) is 2.81. The number of benzene rings is 2. The first kappa shape index (κ1) is 15.0. The van der Waals surface area contributed by atoms with Gasteiger partial charge in [-0.25, -0.2) is 8.78 Å². The van der Waals surface area contributed by atoms with E-state index >= 15 is 0 Å². The van der Waals surface area contributed by atoms with Gasteiger partial charge in [-0.1, -0.05) is 25.1 Å². The Morgan fingerprint density at radius 3 is 2.33 bits per heavy atom. The fourth-order valence-corrected chi connectivity index (χ4v) is 1.83. The van der Waals surface area contributed by atoms with Crippen LogP contribution in [0.2, 0.25) is 0 Å². The van der Waals surface area contributed by atoms with Crippen LogP contribution in [0.15, 0.2) is 48.5 Å². The van der Waals surface area contributed by atoms with E-state index in [1.165, 1.54) is 0 Å². The molecule has 0 aliphatic heterocycles. The third-order valence-electron chi connectivity index (χ3n) is 2.81. The Kier molecular flexibility index (Phi) is 4.87. The number of carbonyl (C=O) groups is 1. The zero-order valence-corrected chi connectivity index (χ0v) is 11.5. The van der Waals surface area contributed by atoms with E-state index in [-0.39, 0.29) is 5.69 Å². The minimum atomic E-state index is -0.748. The summed E-state index contributed by atoms with van der Waals surface area (Å²) >= 11 is 0. The smallest absolute Gasteiger partial charge is 0.265 e. The summed E-state index contributed by atoms with van der Waals surface area (Å²) in [5.74, 6) is -1.39. The van der Waals surface area contributed by atoms with Crippen LogP contribution in [0.3, 0.4) is 0 Å². The van der Waals surface area contributed by atoms with Gasteiger partial charge in [0.2, 0.25) is 0 Å². The number of hydrogen-bond donors (Lipinski definition) is 1. The molecule has 110 valence electrons. The van der Waals surface area contributed by atoms with Gasteiger partial charge in [0.05, 0.1) is 0 Å². The Hall–Kier alpha value is -2.43. The molecule has 2 aromatic carbocycles. The number of anilines is 1. The van der Waals surface area contributed by atoms with Crippen molar-refractivity contribution in [1.29, 1.82) is 0 Å². The van der Waals surface area contributed by atoms with E-state index in [2.05, 4.69) is 5.32 Å². The van der Waals surface area contributed by atoms with Crippen molar-refractivity contribution in [3.05, 3.63) is 60.2 Å². The Labute approximate surface area is 121 Å². The van der Waals surface area contributed by atoms with E-state index in [1.807, 2.05) is 6.07 Å². The summed E-state index contributed by atoms with van der Waals surface area (Å²) in [7, 11) is 0. The van der Waals surface area contributed by atoms with E-state index in [4.69, 9.17) is 4.74 Å². The number of para-hydroxylation sites is 1. The largest absolute Gasteiger partial charge is 0.481 e. The van der Waals surface area contributed by atoms with Gasteiger partial charge < -0.3 is 10.1 Å². The average molecular weight is 291 g/mol. The second-order valence-corrected chi connectivity index (χ2v) is 4.48. The summed E-state index contributed by atoms with van der Waals surface area (Å²) in [5.41, 5.74) is 0.0626. The van der Waals surface area contributed by atoms with Crippen molar-refractivity contribution in [2.75, 3.05) is 5.32 Å². The SMILES string of the molecule is CC[C@@H](Oc1ccccc1)C(=O)Nc1cc(F)cc(F)c1. The normalized spacial score (nSPS) is 11.8. The lowest BCUT2D eigenvalue weighted by Gasteiger charge is -2.17. The number of carbonyl (C=O) groups excluding carboxylic acids is 1. The highest BCUT2D eigenvalue weighted by Crippen LogP contribution is 2.16. The summed E-state index contributed by atoms with van der Waals surface area (Å²) in [4.78, 5) is 12.1. The van der Waals surface area contributed by atoms with Crippen LogP contribution >= 0.6 is 0 Å². The van der Waals surface area contributed by atoms with Gasteiger partial charge in [0.15, 0.2) is 6.10 Å². The Balaban J connectivity index is 2.06. The molecule has 0 aromatic heterocycles. The maximum atomic E-state index is 13.1. The van der Waals surface area contributed by atoms with E-state index in [0.717, 1.165) is 18.2 Å². The van der Waals surface area contributed by atoms with E-state index in [1.54, 1.807) is 31.2 Å². The molecule has 3 nitrogen and oxygen atoms in total. The van der Waals surface area contributed by atoms with Crippen LogP contribution in [-0.2, 0) is 4.79 Å². The minimum absolute atomic E-state index is 0.0626. The molecule has 0 aliphatic rings. The molecule has 0 aliphatic carbocycles. The standard InChI is InChI=1S/C16H15F2NO2/c1-2-15(21-14-6-4-3-5-7-14)16(20)19-13-9-11(17)8-12(18)10-13/h3-10,15H,2H2,1H3,(H,19,20)/t15-/m1/s1. The zero-order valence-electron chi connectivity index (χ0n) is 11.5. The molecule has 1 N–H and O–H groups in total. The van der Waals surface area contributed by atoms with Crippen LogP contribution < -0.4 is 10.1 Å². The molecule has 1 amide bonds. The van der Waals surface area contributed by atoms with Gasteiger partial charge in [-0.2, -0.15) is 0 Å². The van der Waals surface area contributed by atoms with E-state index < -0.39 is 23.6 Å². The van der Waals surface area contributed by atoms with Crippen LogP contribution in [0.5, 0.6) is 5.75 Å². The second-order valence-electron chi connectivity index (χ2n) is 4.48. The van der Waals surface area contributed by atoms with Crippen molar-refractivity contribution in [3.63, 3.8) is 0 Å². The van der Waals surface area contributed by atoms with Crippen LogP contribution in [0.25, 0.3) is 0 Å². The molecular weight excluding hydrogens is 276 g/mol. The highest BCUT2D eigenvalue weighted by atomic mass is 19.1. The lowest BCUT2D eigenvalue weighted by Crippen LogP contribution is -2.32. The number of hydrogen-bond acceptors (Lipinski definition) is 2. The molecule has 5 heteroatoms. The molecule has 0 heterocycles. The monoisotopic (exact) mass is 291 g/mol. The molecule has 0 unspecified atom stereocenters. The molecule has 0 saturated heterocycles. The van der Waals surface area contributed by atoms with Gasteiger partial charge in [0, 0.05) is 11.8 Å². The molecule has 21 heavy (non-hydrogen) atoms. The predicted molar refractivity (Wildman–Crippen MR) is 76.1 cm³/mol. The van der Waals surface area contributed by atoms with Crippen molar-refractivity contribution in [1.82, 2.24) is 0 Å². The van der Waals surface area contributed by atoms with Crippen molar-refractivity contribution in [2.45, 2.75) is 19.4 Å². The fraction of sp³-hybridized carbons (Fsp3) is 0.188. The van der Waals surface area contributed by atoms with Crippen molar-refractivity contribution < 1.29 is 18.3 Å². The molecule has 2 aromatic rings. The van der Waals surface area contributed by atoms with Gasteiger partial charge in [-0.3, -0.25) is 4.79 Å². The number of amides is 1. The van der Waals surface area contributed by atoms with Gasteiger partial charge in [0.25, 0.3) is 5.91 Å². The summed E-state index contributed by atoms with van der Waals surface area (Å²) < 4.78 is 31.7. The van der Waals surface area contributed by atoms with E-state index in [9.17, 15) is 13.6 Å². The van der Waals surface area contributed by atoms with Gasteiger partial charge in [-0.05, 0) is 30.7 Å². The Bertz CT molecular complexity index is 597. The Morgan fingerprint density at radius 2 is 1.76 bits per heavy atom. The highest BCUT2D eigenvalue weighted by molar-refractivity contribution is 5.94. The van der Waals surface area contributed by atoms with Crippen molar-refractivity contribution in [2.24, 2.45) is 0 Å². The third kappa shape index (κ3) is 4.27. The molecule has 0 fully saturated rings. The zero-order chi connectivity index (χ0) is 15.2. The topological polar surface area (TPSA) is 38.3 Å². The Morgan fingerprint density at radius 1 is 1.14 bits per heavy atom. The molecule has 2 rings (SSSR count). The molecule has 0 spiro atoms. The fourth-order valence-electron chi connectivity index (χ4n) is 1.83.